The summed E-state index contributed by atoms with van der Waals surface area (Å²) in [5, 5.41) is 0.663. The van der Waals surface area contributed by atoms with E-state index in [-0.39, 0.29) is 5.97 Å². The van der Waals surface area contributed by atoms with Gasteiger partial charge in [0.1, 0.15) is 6.61 Å². The fourth-order valence-corrected chi connectivity index (χ4v) is 1.35. The van der Waals surface area contributed by atoms with Gasteiger partial charge in [-0.15, -0.1) is 0 Å². The topological polar surface area (TPSA) is 26.3 Å². The molecule has 1 aromatic rings. The summed E-state index contributed by atoms with van der Waals surface area (Å²) < 4.78 is 4.79. The molecule has 0 unspecified atom stereocenters. The Hall–Kier alpha value is -1.28. The zero-order valence-electron chi connectivity index (χ0n) is 6.79. The molecule has 0 saturated carbocycles. The molecule has 1 aliphatic rings. The Kier molecular flexibility index (Phi) is 2.07. The fourth-order valence-electron chi connectivity index (χ4n) is 1.23. The summed E-state index contributed by atoms with van der Waals surface area (Å²) in [5.74, 6) is -0.262. The Morgan fingerprint density at radius 1 is 1.23 bits per heavy atom. The van der Waals surface area contributed by atoms with Crippen LogP contribution < -0.4 is 0 Å². The molecule has 0 saturated heterocycles. The Balaban J connectivity index is 2.36. The van der Waals surface area contributed by atoms with Crippen LogP contribution in [-0.2, 0) is 9.53 Å². The third kappa shape index (κ3) is 1.58. The average molecular weight is 195 g/mol. The highest BCUT2D eigenvalue weighted by atomic mass is 35.5. The average Bonchev–Trinajstić information content (AvgIpc) is 2.53. The molecule has 66 valence electrons. The highest BCUT2D eigenvalue weighted by Crippen LogP contribution is 2.21. The lowest BCUT2D eigenvalue weighted by molar-refractivity contribution is -0.133. The van der Waals surface area contributed by atoms with E-state index in [2.05, 4.69) is 0 Å². The van der Waals surface area contributed by atoms with Crippen molar-refractivity contribution >= 4 is 23.1 Å². The van der Waals surface area contributed by atoms with Crippen LogP contribution in [-0.4, -0.2) is 12.6 Å². The van der Waals surface area contributed by atoms with Crippen molar-refractivity contribution in [2.45, 2.75) is 0 Å². The lowest BCUT2D eigenvalue weighted by Gasteiger charge is -1.98. The maximum Gasteiger partial charge on any atom is 0.338 e. The van der Waals surface area contributed by atoms with Gasteiger partial charge in [0.2, 0.25) is 0 Å². The molecule has 0 aromatic heterocycles. The molecular formula is C10H7ClO2. The van der Waals surface area contributed by atoms with Gasteiger partial charge in [0.15, 0.2) is 0 Å². The number of carbonyl (C=O) groups excluding carboxylic acids is 1. The number of ether oxygens (including phenoxy) is 1. The predicted molar refractivity (Wildman–Crippen MR) is 50.4 cm³/mol. The van der Waals surface area contributed by atoms with Gasteiger partial charge < -0.3 is 4.74 Å². The molecule has 0 amide bonds. The summed E-state index contributed by atoms with van der Waals surface area (Å²) in [6, 6.07) is 7.12. The van der Waals surface area contributed by atoms with Crippen molar-refractivity contribution in [1.29, 1.82) is 0 Å². The van der Waals surface area contributed by atoms with Gasteiger partial charge in [-0.2, -0.15) is 0 Å². The Bertz CT molecular complexity index is 365. The minimum atomic E-state index is -0.262. The van der Waals surface area contributed by atoms with Gasteiger partial charge in [0.05, 0.1) is 5.57 Å². The molecule has 0 aliphatic carbocycles. The van der Waals surface area contributed by atoms with Crippen molar-refractivity contribution in [3.63, 3.8) is 0 Å². The molecule has 3 heteroatoms. The summed E-state index contributed by atoms with van der Waals surface area (Å²) >= 11 is 5.72. The van der Waals surface area contributed by atoms with Crippen LogP contribution in [0.3, 0.4) is 0 Å². The standard InChI is InChI=1S/C10H7ClO2/c11-8-3-1-7(2-4-8)9-5-6-13-10(9)12/h1-5H,6H2. The quantitative estimate of drug-likeness (QED) is 0.642. The van der Waals surface area contributed by atoms with Crippen molar-refractivity contribution in [3.05, 3.63) is 40.9 Å². The van der Waals surface area contributed by atoms with Crippen LogP contribution in [0.1, 0.15) is 5.56 Å². The summed E-state index contributed by atoms with van der Waals surface area (Å²) in [5.41, 5.74) is 1.48. The summed E-state index contributed by atoms with van der Waals surface area (Å²) in [4.78, 5) is 11.1. The van der Waals surface area contributed by atoms with Crippen LogP contribution in [0, 0.1) is 0 Å². The smallest absolute Gasteiger partial charge is 0.338 e. The molecular weight excluding hydrogens is 188 g/mol. The molecule has 1 heterocycles. The molecule has 0 N–H and O–H groups in total. The lowest BCUT2D eigenvalue weighted by Crippen LogP contribution is -1.98. The molecule has 1 aromatic carbocycles. The SMILES string of the molecule is O=C1OCC=C1c1ccc(Cl)cc1. The first kappa shape index (κ1) is 8.32. The van der Waals surface area contributed by atoms with Crippen molar-refractivity contribution in [3.8, 4) is 0 Å². The number of esters is 1. The van der Waals surface area contributed by atoms with Gasteiger partial charge in [-0.1, -0.05) is 23.7 Å². The van der Waals surface area contributed by atoms with E-state index in [9.17, 15) is 4.79 Å². The molecule has 2 nitrogen and oxygen atoms in total. The zero-order valence-corrected chi connectivity index (χ0v) is 7.54. The second kappa shape index (κ2) is 3.23. The highest BCUT2D eigenvalue weighted by molar-refractivity contribution is 6.30. The second-order valence-corrected chi connectivity index (χ2v) is 3.16. The van der Waals surface area contributed by atoms with Gasteiger partial charge in [-0.3, -0.25) is 0 Å². The van der Waals surface area contributed by atoms with Crippen LogP contribution in [0.25, 0.3) is 5.57 Å². The van der Waals surface area contributed by atoms with E-state index in [0.29, 0.717) is 17.2 Å². The number of cyclic esters (lactones) is 1. The number of halogens is 1. The number of hydrogen-bond donors (Lipinski definition) is 0. The van der Waals surface area contributed by atoms with Crippen LogP contribution >= 0.6 is 11.6 Å². The number of benzene rings is 1. The second-order valence-electron chi connectivity index (χ2n) is 2.72. The summed E-state index contributed by atoms with van der Waals surface area (Å²) in [7, 11) is 0. The van der Waals surface area contributed by atoms with Gasteiger partial charge in [-0.25, -0.2) is 4.79 Å². The predicted octanol–water partition coefficient (Wildman–Crippen LogP) is 2.28. The lowest BCUT2D eigenvalue weighted by atomic mass is 10.1. The third-order valence-electron chi connectivity index (χ3n) is 1.88. The van der Waals surface area contributed by atoms with E-state index < -0.39 is 0 Å². The van der Waals surface area contributed by atoms with Crippen molar-refractivity contribution < 1.29 is 9.53 Å². The Labute approximate surface area is 80.8 Å². The first-order valence-corrected chi connectivity index (χ1v) is 4.28. The van der Waals surface area contributed by atoms with E-state index >= 15 is 0 Å². The van der Waals surface area contributed by atoms with Crippen molar-refractivity contribution in [2.75, 3.05) is 6.61 Å². The number of rotatable bonds is 1. The van der Waals surface area contributed by atoms with Gasteiger partial charge in [0, 0.05) is 5.02 Å². The van der Waals surface area contributed by atoms with Crippen LogP contribution in [0.4, 0.5) is 0 Å². The van der Waals surface area contributed by atoms with Gasteiger partial charge in [-0.05, 0) is 23.8 Å². The largest absolute Gasteiger partial charge is 0.458 e. The van der Waals surface area contributed by atoms with Crippen LogP contribution in [0.5, 0.6) is 0 Å². The monoisotopic (exact) mass is 194 g/mol. The van der Waals surface area contributed by atoms with Crippen molar-refractivity contribution in [2.24, 2.45) is 0 Å². The molecule has 0 bridgehead atoms. The van der Waals surface area contributed by atoms with E-state index in [0.717, 1.165) is 5.56 Å². The molecule has 1 aliphatic heterocycles. The Morgan fingerprint density at radius 3 is 2.46 bits per heavy atom. The Morgan fingerprint density at radius 2 is 1.92 bits per heavy atom. The normalized spacial score (nSPS) is 15.5. The van der Waals surface area contributed by atoms with Gasteiger partial charge >= 0.3 is 5.97 Å². The maximum atomic E-state index is 11.1. The van der Waals surface area contributed by atoms with E-state index in [4.69, 9.17) is 16.3 Å². The number of hydrogen-bond acceptors (Lipinski definition) is 2. The minimum Gasteiger partial charge on any atom is -0.458 e. The van der Waals surface area contributed by atoms with E-state index in [1.54, 1.807) is 30.3 Å². The zero-order chi connectivity index (χ0) is 9.26. The van der Waals surface area contributed by atoms with Crippen LogP contribution in [0.15, 0.2) is 30.3 Å². The molecule has 0 radical (unpaired) electrons. The van der Waals surface area contributed by atoms with Crippen LogP contribution in [0.2, 0.25) is 5.02 Å². The highest BCUT2D eigenvalue weighted by Gasteiger charge is 2.17. The summed E-state index contributed by atoms with van der Waals surface area (Å²) in [6.07, 6.45) is 1.77. The maximum absolute atomic E-state index is 11.1. The third-order valence-corrected chi connectivity index (χ3v) is 2.13. The molecule has 0 fully saturated rings. The van der Waals surface area contributed by atoms with Gasteiger partial charge in [0.25, 0.3) is 0 Å². The molecule has 2 rings (SSSR count). The molecule has 0 atom stereocenters. The molecule has 0 spiro atoms. The fraction of sp³-hybridized carbons (Fsp3) is 0.100. The summed E-state index contributed by atoms with van der Waals surface area (Å²) in [6.45, 7) is 0.372. The molecule has 13 heavy (non-hydrogen) atoms. The van der Waals surface area contributed by atoms with Crippen molar-refractivity contribution in [1.82, 2.24) is 0 Å². The van der Waals surface area contributed by atoms with E-state index in [1.807, 2.05) is 0 Å². The van der Waals surface area contributed by atoms with E-state index in [1.165, 1.54) is 0 Å². The minimum absolute atomic E-state index is 0.262. The first-order chi connectivity index (χ1) is 6.27. The first-order valence-electron chi connectivity index (χ1n) is 3.90. The number of carbonyl (C=O) groups is 1.